The number of hydrogen-bond donors (Lipinski definition) is 1. The molecule has 0 amide bonds. The Labute approximate surface area is 121 Å². The second-order valence-electron chi connectivity index (χ2n) is 6.11. The fourth-order valence-electron chi connectivity index (χ4n) is 1.62. The van der Waals surface area contributed by atoms with Crippen molar-refractivity contribution in [1.29, 1.82) is 0 Å². The number of nitrogens with two attached hydrogens (primary N) is 1. The lowest BCUT2D eigenvalue weighted by atomic mass is 9.96. The molecule has 0 bridgehead atoms. The standard InChI is InChI=1S/C15H27NO4/c1-7-19-14(18)12(16)9-11(8-10(2)3)13(17)20-15(4,5)6/h9-11H,7-8,16H2,1-6H3/t11-/m0/s1. The summed E-state index contributed by atoms with van der Waals surface area (Å²) < 4.78 is 10.2. The minimum absolute atomic E-state index is 0.0524. The predicted octanol–water partition coefficient (Wildman–Crippen LogP) is 2.40. The van der Waals surface area contributed by atoms with Gasteiger partial charge in [-0.1, -0.05) is 13.8 Å². The van der Waals surface area contributed by atoms with Crippen molar-refractivity contribution in [3.8, 4) is 0 Å². The molecule has 0 aliphatic rings. The second kappa shape index (κ2) is 7.92. The van der Waals surface area contributed by atoms with Gasteiger partial charge in [0, 0.05) is 0 Å². The molecule has 0 aliphatic carbocycles. The number of esters is 2. The van der Waals surface area contributed by atoms with E-state index in [2.05, 4.69) is 0 Å². The summed E-state index contributed by atoms with van der Waals surface area (Å²) in [4.78, 5) is 23.6. The van der Waals surface area contributed by atoms with E-state index in [4.69, 9.17) is 15.2 Å². The molecule has 0 spiro atoms. The average molecular weight is 285 g/mol. The van der Waals surface area contributed by atoms with Crippen LogP contribution in [-0.2, 0) is 19.1 Å². The molecule has 0 heterocycles. The van der Waals surface area contributed by atoms with Crippen molar-refractivity contribution in [2.24, 2.45) is 17.6 Å². The molecule has 0 fully saturated rings. The van der Waals surface area contributed by atoms with E-state index in [0.29, 0.717) is 6.42 Å². The lowest BCUT2D eigenvalue weighted by molar-refractivity contribution is -0.158. The van der Waals surface area contributed by atoms with E-state index in [9.17, 15) is 9.59 Å². The maximum Gasteiger partial charge on any atom is 0.353 e. The van der Waals surface area contributed by atoms with Crippen molar-refractivity contribution in [1.82, 2.24) is 0 Å². The van der Waals surface area contributed by atoms with Gasteiger partial charge in [0.15, 0.2) is 0 Å². The summed E-state index contributed by atoms with van der Waals surface area (Å²) in [7, 11) is 0. The van der Waals surface area contributed by atoms with Gasteiger partial charge < -0.3 is 15.2 Å². The normalized spacial score (nSPS) is 14.1. The molecule has 0 unspecified atom stereocenters. The van der Waals surface area contributed by atoms with E-state index < -0.39 is 17.5 Å². The minimum atomic E-state index is -0.607. The number of carbonyl (C=O) groups excluding carboxylic acids is 2. The third-order valence-electron chi connectivity index (χ3n) is 2.33. The summed E-state index contributed by atoms with van der Waals surface area (Å²) in [5.74, 6) is -1.25. The van der Waals surface area contributed by atoms with E-state index >= 15 is 0 Å². The van der Waals surface area contributed by atoms with Crippen LogP contribution >= 0.6 is 0 Å². The molecule has 20 heavy (non-hydrogen) atoms. The maximum absolute atomic E-state index is 12.1. The SMILES string of the molecule is CCOC(=O)C(N)=C[C@H](CC(C)C)C(=O)OC(C)(C)C. The Morgan fingerprint density at radius 1 is 1.25 bits per heavy atom. The maximum atomic E-state index is 12.1. The molecule has 0 aromatic carbocycles. The Bertz CT molecular complexity index is 367. The number of hydrogen-bond acceptors (Lipinski definition) is 5. The third-order valence-corrected chi connectivity index (χ3v) is 2.33. The molecule has 0 aromatic rings. The van der Waals surface area contributed by atoms with Gasteiger partial charge in [-0.2, -0.15) is 0 Å². The van der Waals surface area contributed by atoms with Crippen LogP contribution in [0.15, 0.2) is 11.8 Å². The van der Waals surface area contributed by atoms with Gasteiger partial charge in [0.05, 0.1) is 12.5 Å². The first-order valence-electron chi connectivity index (χ1n) is 6.94. The molecule has 0 rings (SSSR count). The van der Waals surface area contributed by atoms with Crippen molar-refractivity contribution in [2.45, 2.75) is 53.6 Å². The second-order valence-corrected chi connectivity index (χ2v) is 6.11. The topological polar surface area (TPSA) is 78.6 Å². The highest BCUT2D eigenvalue weighted by Gasteiger charge is 2.25. The molecule has 5 nitrogen and oxygen atoms in total. The van der Waals surface area contributed by atoms with E-state index in [0.717, 1.165) is 0 Å². The van der Waals surface area contributed by atoms with Crippen LogP contribution in [-0.4, -0.2) is 24.1 Å². The van der Waals surface area contributed by atoms with Gasteiger partial charge in [-0.05, 0) is 46.1 Å². The van der Waals surface area contributed by atoms with E-state index in [1.807, 2.05) is 13.8 Å². The van der Waals surface area contributed by atoms with Crippen molar-refractivity contribution in [3.05, 3.63) is 11.8 Å². The fourth-order valence-corrected chi connectivity index (χ4v) is 1.62. The summed E-state index contributed by atoms with van der Waals surface area (Å²) in [6.07, 6.45) is 2.00. The average Bonchev–Trinajstić information content (AvgIpc) is 2.25. The Balaban J connectivity index is 5.01. The Hall–Kier alpha value is -1.52. The molecule has 116 valence electrons. The molecule has 1 atom stereocenters. The van der Waals surface area contributed by atoms with Crippen LogP contribution in [0.2, 0.25) is 0 Å². The predicted molar refractivity (Wildman–Crippen MR) is 77.7 cm³/mol. The highest BCUT2D eigenvalue weighted by atomic mass is 16.6. The van der Waals surface area contributed by atoms with Gasteiger partial charge in [-0.25, -0.2) is 4.79 Å². The number of ether oxygens (including phenoxy) is 2. The van der Waals surface area contributed by atoms with Gasteiger partial charge in [-0.3, -0.25) is 4.79 Å². The fraction of sp³-hybridized carbons (Fsp3) is 0.733. The van der Waals surface area contributed by atoms with Crippen molar-refractivity contribution < 1.29 is 19.1 Å². The van der Waals surface area contributed by atoms with Gasteiger partial charge in [0.2, 0.25) is 0 Å². The van der Waals surface area contributed by atoms with Crippen LogP contribution in [0.4, 0.5) is 0 Å². The molecule has 0 aromatic heterocycles. The first kappa shape index (κ1) is 18.5. The first-order chi connectivity index (χ1) is 9.06. The van der Waals surface area contributed by atoms with Gasteiger partial charge in [0.25, 0.3) is 0 Å². The molecule has 5 heteroatoms. The number of carbonyl (C=O) groups is 2. The highest BCUT2D eigenvalue weighted by Crippen LogP contribution is 2.19. The molecular formula is C15H27NO4. The molecule has 2 N–H and O–H groups in total. The molecule has 0 saturated heterocycles. The van der Waals surface area contributed by atoms with Crippen molar-refractivity contribution in [2.75, 3.05) is 6.61 Å². The zero-order chi connectivity index (χ0) is 15.9. The molecule has 0 saturated carbocycles. The summed E-state index contributed by atoms with van der Waals surface area (Å²) in [6, 6.07) is 0. The molecule has 0 radical (unpaired) electrons. The first-order valence-corrected chi connectivity index (χ1v) is 6.94. The Morgan fingerprint density at radius 3 is 2.20 bits per heavy atom. The van der Waals surface area contributed by atoms with Crippen LogP contribution < -0.4 is 5.73 Å². The summed E-state index contributed by atoms with van der Waals surface area (Å²) in [5, 5.41) is 0. The smallest absolute Gasteiger partial charge is 0.353 e. The summed E-state index contributed by atoms with van der Waals surface area (Å²) in [5.41, 5.74) is 5.04. The molecular weight excluding hydrogens is 258 g/mol. The lowest BCUT2D eigenvalue weighted by Gasteiger charge is -2.23. The van der Waals surface area contributed by atoms with E-state index in [1.54, 1.807) is 27.7 Å². The van der Waals surface area contributed by atoms with Gasteiger partial charge >= 0.3 is 11.9 Å². The third kappa shape index (κ3) is 7.81. The van der Waals surface area contributed by atoms with Crippen LogP contribution in [0.25, 0.3) is 0 Å². The largest absolute Gasteiger partial charge is 0.461 e. The summed E-state index contributed by atoms with van der Waals surface area (Å²) >= 11 is 0. The number of rotatable bonds is 6. The van der Waals surface area contributed by atoms with Crippen molar-refractivity contribution in [3.63, 3.8) is 0 Å². The van der Waals surface area contributed by atoms with Crippen LogP contribution in [0, 0.1) is 11.8 Å². The Kier molecular flexibility index (Phi) is 7.32. The van der Waals surface area contributed by atoms with Crippen LogP contribution in [0.3, 0.4) is 0 Å². The zero-order valence-electron chi connectivity index (χ0n) is 13.4. The zero-order valence-corrected chi connectivity index (χ0v) is 13.4. The van der Waals surface area contributed by atoms with E-state index in [-0.39, 0.29) is 24.2 Å². The monoisotopic (exact) mass is 285 g/mol. The quantitative estimate of drug-likeness (QED) is 0.599. The van der Waals surface area contributed by atoms with Crippen LogP contribution in [0.1, 0.15) is 48.0 Å². The Morgan fingerprint density at radius 2 is 1.80 bits per heavy atom. The van der Waals surface area contributed by atoms with Gasteiger partial charge in [-0.15, -0.1) is 0 Å². The van der Waals surface area contributed by atoms with E-state index in [1.165, 1.54) is 6.08 Å². The molecule has 0 aliphatic heterocycles. The highest BCUT2D eigenvalue weighted by molar-refractivity contribution is 5.88. The van der Waals surface area contributed by atoms with Gasteiger partial charge in [0.1, 0.15) is 11.3 Å². The summed E-state index contributed by atoms with van der Waals surface area (Å²) in [6.45, 7) is 11.3. The van der Waals surface area contributed by atoms with Crippen LogP contribution in [0.5, 0.6) is 0 Å². The van der Waals surface area contributed by atoms with Crippen molar-refractivity contribution >= 4 is 11.9 Å². The lowest BCUT2D eigenvalue weighted by Crippen LogP contribution is -2.29. The minimum Gasteiger partial charge on any atom is -0.461 e.